The van der Waals surface area contributed by atoms with Gasteiger partial charge in [0.1, 0.15) is 13.2 Å². The molecule has 0 radical (unpaired) electrons. The standard InChI is InChI=1S/C25H28Cl4O4/c1-23(2)11-25(13-9-15(26)21(32-7-5-30)19(28)17(13)23)12-24(3,4)18-14(25)10-16(27)22(20(18)29)33-8-6-31/h9-10,30-31H,5-8,11-12H2,1-4H3. The summed E-state index contributed by atoms with van der Waals surface area (Å²) in [5, 5.41) is 20.2. The van der Waals surface area contributed by atoms with E-state index in [0.29, 0.717) is 31.6 Å². The summed E-state index contributed by atoms with van der Waals surface area (Å²) in [5.74, 6) is 0.801. The molecule has 2 aliphatic carbocycles. The van der Waals surface area contributed by atoms with E-state index in [0.717, 1.165) is 35.1 Å². The van der Waals surface area contributed by atoms with E-state index in [2.05, 4.69) is 27.7 Å². The number of halogens is 4. The van der Waals surface area contributed by atoms with Crippen molar-refractivity contribution in [2.24, 2.45) is 0 Å². The van der Waals surface area contributed by atoms with Crippen LogP contribution in [0.4, 0.5) is 0 Å². The van der Waals surface area contributed by atoms with Gasteiger partial charge in [0, 0.05) is 5.41 Å². The fourth-order valence-corrected chi connectivity index (χ4v) is 7.76. The predicted molar refractivity (Wildman–Crippen MR) is 134 cm³/mol. The Labute approximate surface area is 214 Å². The van der Waals surface area contributed by atoms with Gasteiger partial charge in [-0.25, -0.2) is 0 Å². The molecule has 0 fully saturated rings. The van der Waals surface area contributed by atoms with Crippen molar-refractivity contribution in [2.75, 3.05) is 26.4 Å². The number of benzene rings is 2. The van der Waals surface area contributed by atoms with Gasteiger partial charge in [-0.3, -0.25) is 0 Å². The van der Waals surface area contributed by atoms with E-state index in [1.807, 2.05) is 12.1 Å². The minimum absolute atomic E-state index is 0.113. The molecule has 0 bridgehead atoms. The molecule has 0 heterocycles. The minimum atomic E-state index is -0.386. The lowest BCUT2D eigenvalue weighted by molar-refractivity contribution is 0.201. The van der Waals surface area contributed by atoms with Gasteiger partial charge >= 0.3 is 0 Å². The highest BCUT2D eigenvalue weighted by Gasteiger charge is 2.58. The number of hydrogen-bond donors (Lipinski definition) is 2. The van der Waals surface area contributed by atoms with Gasteiger partial charge in [-0.05, 0) is 58.1 Å². The molecule has 4 nitrogen and oxygen atoms in total. The van der Waals surface area contributed by atoms with E-state index in [4.69, 9.17) is 55.9 Å². The predicted octanol–water partition coefficient (Wildman–Crippen LogP) is 6.69. The van der Waals surface area contributed by atoms with Crippen molar-refractivity contribution < 1.29 is 19.7 Å². The Kier molecular flexibility index (Phi) is 6.61. The molecular weight excluding hydrogens is 506 g/mol. The van der Waals surface area contributed by atoms with Gasteiger partial charge in [0.2, 0.25) is 0 Å². The Morgan fingerprint density at radius 1 is 0.727 bits per heavy atom. The zero-order chi connectivity index (χ0) is 24.3. The van der Waals surface area contributed by atoms with Crippen molar-refractivity contribution in [3.05, 3.63) is 54.5 Å². The topological polar surface area (TPSA) is 58.9 Å². The third kappa shape index (κ3) is 3.82. The Balaban J connectivity index is 1.98. The molecule has 0 amide bonds. The second kappa shape index (κ2) is 8.65. The number of fused-ring (bicyclic) bond motifs is 4. The van der Waals surface area contributed by atoms with E-state index < -0.39 is 0 Å². The number of hydrogen-bond acceptors (Lipinski definition) is 4. The molecule has 0 saturated heterocycles. The van der Waals surface area contributed by atoms with Crippen LogP contribution in [0.2, 0.25) is 20.1 Å². The molecule has 4 rings (SSSR count). The molecule has 0 aromatic heterocycles. The third-order valence-electron chi connectivity index (χ3n) is 6.90. The molecule has 2 N–H and O–H groups in total. The summed E-state index contributed by atoms with van der Waals surface area (Å²) in [6, 6.07) is 3.90. The van der Waals surface area contributed by atoms with Crippen LogP contribution in [0, 0.1) is 0 Å². The van der Waals surface area contributed by atoms with Crippen LogP contribution < -0.4 is 9.47 Å². The second-order valence-electron chi connectivity index (χ2n) is 10.2. The fourth-order valence-electron chi connectivity index (χ4n) is 6.11. The quantitative estimate of drug-likeness (QED) is 0.434. The van der Waals surface area contributed by atoms with Crippen molar-refractivity contribution in [1.29, 1.82) is 0 Å². The Bertz CT molecular complexity index is 1020. The third-order valence-corrected chi connectivity index (χ3v) is 8.18. The monoisotopic (exact) mass is 532 g/mol. The number of rotatable bonds is 6. The zero-order valence-corrected chi connectivity index (χ0v) is 22.1. The van der Waals surface area contributed by atoms with Crippen LogP contribution in [-0.2, 0) is 16.2 Å². The van der Waals surface area contributed by atoms with E-state index in [1.165, 1.54) is 0 Å². The molecule has 8 heteroatoms. The maximum absolute atomic E-state index is 9.21. The SMILES string of the molecule is CC1(C)CC2(CC(C)(C)c3c2cc(Cl)c(OCCO)c3Cl)c2cc(Cl)c(OCCO)c(Cl)c21. The molecule has 33 heavy (non-hydrogen) atoms. The summed E-state index contributed by atoms with van der Waals surface area (Å²) in [4.78, 5) is 0. The van der Waals surface area contributed by atoms with Gasteiger partial charge in [-0.2, -0.15) is 0 Å². The molecule has 0 aliphatic heterocycles. The van der Waals surface area contributed by atoms with Crippen LogP contribution in [-0.4, -0.2) is 36.6 Å². The van der Waals surface area contributed by atoms with Crippen molar-refractivity contribution >= 4 is 46.4 Å². The molecule has 180 valence electrons. The lowest BCUT2D eigenvalue weighted by Gasteiger charge is -2.30. The summed E-state index contributed by atoms with van der Waals surface area (Å²) >= 11 is 27.1. The van der Waals surface area contributed by atoms with Crippen molar-refractivity contribution in [3.8, 4) is 11.5 Å². The van der Waals surface area contributed by atoms with Crippen LogP contribution in [0.15, 0.2) is 12.1 Å². The number of ether oxygens (including phenoxy) is 2. The Morgan fingerprint density at radius 2 is 1.09 bits per heavy atom. The van der Waals surface area contributed by atoms with Crippen molar-refractivity contribution in [3.63, 3.8) is 0 Å². The summed E-state index contributed by atoms with van der Waals surface area (Å²) in [7, 11) is 0. The Hall–Kier alpha value is -0.880. The van der Waals surface area contributed by atoms with Crippen LogP contribution in [0.1, 0.15) is 62.8 Å². The first-order valence-corrected chi connectivity index (χ1v) is 12.5. The summed E-state index contributed by atoms with van der Waals surface area (Å²) in [6.45, 7) is 8.65. The van der Waals surface area contributed by atoms with E-state index in [-0.39, 0.29) is 42.7 Å². The fraction of sp³-hybridized carbons (Fsp3) is 0.520. The average molecular weight is 534 g/mol. The lowest BCUT2D eigenvalue weighted by atomic mass is 9.72. The molecule has 0 unspecified atom stereocenters. The summed E-state index contributed by atoms with van der Waals surface area (Å²) in [5.41, 5.74) is 3.19. The first-order chi connectivity index (χ1) is 15.4. The van der Waals surface area contributed by atoms with Crippen molar-refractivity contribution in [2.45, 2.75) is 56.8 Å². The van der Waals surface area contributed by atoms with Crippen LogP contribution in [0.3, 0.4) is 0 Å². The summed E-state index contributed by atoms with van der Waals surface area (Å²) in [6.07, 6.45) is 1.60. The highest BCUT2D eigenvalue weighted by molar-refractivity contribution is 6.39. The number of aliphatic hydroxyl groups is 2. The second-order valence-corrected chi connectivity index (χ2v) is 11.8. The molecule has 0 saturated carbocycles. The largest absolute Gasteiger partial charge is 0.488 e. The smallest absolute Gasteiger partial charge is 0.156 e. The van der Waals surface area contributed by atoms with Gasteiger partial charge in [0.25, 0.3) is 0 Å². The molecule has 1 spiro atoms. The molecule has 2 aromatic carbocycles. The maximum Gasteiger partial charge on any atom is 0.156 e. The first-order valence-electron chi connectivity index (χ1n) is 10.9. The normalized spacial score (nSPS) is 19.0. The van der Waals surface area contributed by atoms with Gasteiger partial charge in [0.05, 0.1) is 33.3 Å². The number of aliphatic hydroxyl groups excluding tert-OH is 2. The molecule has 0 atom stereocenters. The minimum Gasteiger partial charge on any atom is -0.488 e. The van der Waals surface area contributed by atoms with E-state index in [9.17, 15) is 10.2 Å². The van der Waals surface area contributed by atoms with Gasteiger partial charge in [-0.15, -0.1) is 0 Å². The zero-order valence-electron chi connectivity index (χ0n) is 19.1. The maximum atomic E-state index is 9.21. The van der Waals surface area contributed by atoms with Gasteiger partial charge < -0.3 is 19.7 Å². The van der Waals surface area contributed by atoms with Crippen LogP contribution in [0.5, 0.6) is 11.5 Å². The molecule has 2 aromatic rings. The van der Waals surface area contributed by atoms with Gasteiger partial charge in [0.15, 0.2) is 11.5 Å². The van der Waals surface area contributed by atoms with E-state index >= 15 is 0 Å². The van der Waals surface area contributed by atoms with Crippen LogP contribution >= 0.6 is 46.4 Å². The highest BCUT2D eigenvalue weighted by Crippen LogP contribution is 2.67. The molecule has 2 aliphatic rings. The Morgan fingerprint density at radius 3 is 1.42 bits per heavy atom. The summed E-state index contributed by atoms with van der Waals surface area (Å²) < 4.78 is 11.4. The lowest BCUT2D eigenvalue weighted by Crippen LogP contribution is -2.27. The van der Waals surface area contributed by atoms with Crippen LogP contribution in [0.25, 0.3) is 0 Å². The first kappa shape index (κ1) is 25.2. The van der Waals surface area contributed by atoms with E-state index in [1.54, 1.807) is 0 Å². The van der Waals surface area contributed by atoms with Crippen molar-refractivity contribution in [1.82, 2.24) is 0 Å². The highest BCUT2D eigenvalue weighted by atomic mass is 35.5. The molecular formula is C25H28Cl4O4. The van der Waals surface area contributed by atoms with Gasteiger partial charge in [-0.1, -0.05) is 74.1 Å². The average Bonchev–Trinajstić information content (AvgIpc) is 3.06.